The van der Waals surface area contributed by atoms with Crippen molar-refractivity contribution in [3.05, 3.63) is 40.2 Å². The fourth-order valence-electron chi connectivity index (χ4n) is 8.31. The van der Waals surface area contributed by atoms with E-state index in [1.807, 2.05) is 0 Å². The first kappa shape index (κ1) is 29.3. The number of aliphatic hydroxyl groups excluding tert-OH is 3. The predicted octanol–water partition coefficient (Wildman–Crippen LogP) is -0.0814. The molecule has 8 atom stereocenters. The van der Waals surface area contributed by atoms with E-state index >= 15 is 0 Å². The van der Waals surface area contributed by atoms with Crippen molar-refractivity contribution in [1.82, 2.24) is 9.80 Å². The number of carbonyl (C=O) groups is 4. The number of nitrogens with two attached hydrogens (primary N) is 1. The number of aromatic hydroxyl groups is 1. The van der Waals surface area contributed by atoms with E-state index in [9.17, 15) is 44.7 Å². The van der Waals surface area contributed by atoms with Crippen molar-refractivity contribution >= 4 is 34.8 Å². The van der Waals surface area contributed by atoms with Crippen LogP contribution in [0, 0.1) is 17.8 Å². The van der Waals surface area contributed by atoms with Gasteiger partial charge in [-0.1, -0.05) is 13.0 Å². The normalized spacial score (nSPS) is 35.3. The summed E-state index contributed by atoms with van der Waals surface area (Å²) < 4.78 is 0. The second-order valence-electron chi connectivity index (χ2n) is 12.8. The van der Waals surface area contributed by atoms with Crippen molar-refractivity contribution in [2.45, 2.75) is 55.9 Å². The molecule has 2 amide bonds. The van der Waals surface area contributed by atoms with Crippen LogP contribution in [0.4, 0.5) is 5.69 Å². The van der Waals surface area contributed by atoms with E-state index in [1.165, 1.54) is 25.1 Å². The molecule has 2 bridgehead atoms. The largest absolute Gasteiger partial charge is 0.508 e. The first-order chi connectivity index (χ1) is 20.2. The lowest BCUT2D eigenvalue weighted by Crippen LogP contribution is -2.70. The molecule has 2 saturated carbocycles. The lowest BCUT2D eigenvalue weighted by Gasteiger charge is -2.53. The zero-order chi connectivity index (χ0) is 31.3. The number of ketones is 2. The van der Waals surface area contributed by atoms with E-state index in [0.29, 0.717) is 17.5 Å². The predicted molar refractivity (Wildman–Crippen MR) is 152 cm³/mol. The van der Waals surface area contributed by atoms with Gasteiger partial charge in [0.15, 0.2) is 11.4 Å². The van der Waals surface area contributed by atoms with Crippen LogP contribution in [0.3, 0.4) is 0 Å². The molecule has 13 nitrogen and oxygen atoms in total. The summed E-state index contributed by atoms with van der Waals surface area (Å²) in [5, 5.41) is 59.9. The van der Waals surface area contributed by atoms with Gasteiger partial charge in [0.2, 0.25) is 11.7 Å². The molecule has 1 aromatic rings. The van der Waals surface area contributed by atoms with Crippen LogP contribution in [-0.4, -0.2) is 110 Å². The number of hydrogen-bond acceptors (Lipinski definition) is 11. The number of nitrogens with one attached hydrogen (secondary N) is 1. The standard InChI is InChI=1S/C30H36N4O9/c1-11-14-6-7-15(32-16(35)10-34-9-12-4-5-13(34)8-12)23(36)18(14)24(37)19-17(11)25(38)21-22(33(2)3)26(39)20(29(31)42)28(41)30(21,43)27(19)40/h6-7,11-13,17,21-22,25,36-38,41,43H,4-5,8-10H2,1-3H3,(H2,31,42)(H,32,35)/t11?,12?,13?,17?,21?,22-,25?,30-/m1/s1. The summed E-state index contributed by atoms with van der Waals surface area (Å²) in [7, 11) is 2.90. The van der Waals surface area contributed by atoms with E-state index in [4.69, 9.17) is 5.73 Å². The third-order valence-corrected chi connectivity index (χ3v) is 10.3. The molecular weight excluding hydrogens is 560 g/mol. The van der Waals surface area contributed by atoms with Gasteiger partial charge in [-0.15, -0.1) is 0 Å². The summed E-state index contributed by atoms with van der Waals surface area (Å²) >= 11 is 0. The van der Waals surface area contributed by atoms with Gasteiger partial charge in [-0.2, -0.15) is 0 Å². The number of amides is 2. The van der Waals surface area contributed by atoms with Gasteiger partial charge in [-0.05, 0) is 56.8 Å². The average Bonchev–Trinajstić information content (AvgIpc) is 3.55. The summed E-state index contributed by atoms with van der Waals surface area (Å²) in [6.45, 7) is 2.63. The smallest absolute Gasteiger partial charge is 0.255 e. The highest BCUT2D eigenvalue weighted by atomic mass is 16.4. The molecule has 3 fully saturated rings. The number of phenols is 1. The van der Waals surface area contributed by atoms with Gasteiger partial charge >= 0.3 is 0 Å². The molecule has 43 heavy (non-hydrogen) atoms. The van der Waals surface area contributed by atoms with Crippen LogP contribution in [0.2, 0.25) is 0 Å². The molecule has 6 unspecified atom stereocenters. The minimum absolute atomic E-state index is 0.000921. The molecule has 13 heteroatoms. The first-order valence-corrected chi connectivity index (χ1v) is 14.4. The second kappa shape index (κ2) is 9.88. The van der Waals surface area contributed by atoms with Gasteiger partial charge in [0, 0.05) is 24.1 Å². The van der Waals surface area contributed by atoms with Crippen LogP contribution in [0.1, 0.15) is 43.2 Å². The fourth-order valence-corrected chi connectivity index (χ4v) is 8.31. The molecule has 1 aliphatic heterocycles. The molecule has 0 radical (unpaired) electrons. The first-order valence-electron chi connectivity index (χ1n) is 14.4. The van der Waals surface area contributed by atoms with Gasteiger partial charge in [-0.25, -0.2) is 0 Å². The number of primary amides is 1. The lowest BCUT2D eigenvalue weighted by molar-refractivity contribution is -0.169. The van der Waals surface area contributed by atoms with Crippen LogP contribution >= 0.6 is 0 Å². The minimum atomic E-state index is -2.99. The van der Waals surface area contributed by atoms with E-state index < -0.39 is 81.4 Å². The van der Waals surface area contributed by atoms with E-state index in [2.05, 4.69) is 10.2 Å². The number of nitrogens with zero attached hydrogens (tertiary/aromatic N) is 2. The molecule has 4 aliphatic carbocycles. The molecule has 6 rings (SSSR count). The van der Waals surface area contributed by atoms with E-state index in [0.717, 1.165) is 25.8 Å². The maximum atomic E-state index is 14.1. The van der Waals surface area contributed by atoms with Gasteiger partial charge in [0.1, 0.15) is 22.8 Å². The SMILES string of the molecule is CC1c2ccc(NC(=O)CN3CC4CCC3C4)c(O)c2C(O)=C2C(=O)[C@@]3(O)C(O)=C(C(N)=O)C(=O)[C@H](N(C)C)C3C(O)C21. The van der Waals surface area contributed by atoms with E-state index in [1.54, 1.807) is 13.0 Å². The maximum absolute atomic E-state index is 14.1. The summed E-state index contributed by atoms with van der Waals surface area (Å²) in [5.74, 6) is -9.41. The summed E-state index contributed by atoms with van der Waals surface area (Å²) in [4.78, 5) is 55.9. The maximum Gasteiger partial charge on any atom is 0.255 e. The fraction of sp³-hybridized carbons (Fsp3) is 0.533. The van der Waals surface area contributed by atoms with Crippen molar-refractivity contribution in [2.75, 3.05) is 32.5 Å². The Labute approximate surface area is 247 Å². The second-order valence-corrected chi connectivity index (χ2v) is 12.8. The summed E-state index contributed by atoms with van der Waals surface area (Å²) in [5.41, 5.74) is 1.09. The van der Waals surface area contributed by atoms with Crippen LogP contribution in [-0.2, 0) is 19.2 Å². The number of hydrogen-bond donors (Lipinski definition) is 7. The van der Waals surface area contributed by atoms with Gasteiger partial charge in [-0.3, -0.25) is 29.0 Å². The Kier molecular flexibility index (Phi) is 6.73. The van der Waals surface area contributed by atoms with Crippen LogP contribution in [0.25, 0.3) is 5.76 Å². The Bertz CT molecular complexity index is 1530. The highest BCUT2D eigenvalue weighted by Crippen LogP contribution is 2.56. The number of carbonyl (C=O) groups excluding carboxylic acids is 4. The number of phenolic OH excluding ortho intramolecular Hbond substituents is 1. The Balaban J connectivity index is 1.42. The van der Waals surface area contributed by atoms with Crippen LogP contribution in [0.15, 0.2) is 29.0 Å². The zero-order valence-corrected chi connectivity index (χ0v) is 24.1. The molecule has 5 aliphatic rings. The van der Waals surface area contributed by atoms with Crippen LogP contribution in [0.5, 0.6) is 5.75 Å². The number of likely N-dealkylation sites (tertiary alicyclic amines) is 1. The average molecular weight is 597 g/mol. The molecule has 0 aromatic heterocycles. The Morgan fingerprint density at radius 3 is 2.44 bits per heavy atom. The third kappa shape index (κ3) is 3.98. The van der Waals surface area contributed by atoms with Crippen molar-refractivity contribution in [3.8, 4) is 5.75 Å². The topological polar surface area (TPSA) is 214 Å². The molecule has 230 valence electrons. The van der Waals surface area contributed by atoms with Crippen molar-refractivity contribution in [2.24, 2.45) is 23.5 Å². The highest BCUT2D eigenvalue weighted by molar-refractivity contribution is 6.24. The zero-order valence-electron chi connectivity index (χ0n) is 24.1. The number of Topliss-reactive ketones (excluding diaryl/α,β-unsaturated/α-hetero) is 2. The molecule has 1 saturated heterocycles. The molecular formula is C30H36N4O9. The molecule has 8 N–H and O–H groups in total. The number of piperidine rings is 1. The van der Waals surface area contributed by atoms with E-state index in [-0.39, 0.29) is 23.7 Å². The number of fused-ring (bicyclic) bond motifs is 5. The molecule has 0 spiro atoms. The third-order valence-electron chi connectivity index (χ3n) is 10.3. The molecule has 1 aromatic carbocycles. The van der Waals surface area contributed by atoms with Gasteiger partial charge in [0.25, 0.3) is 5.91 Å². The molecule has 1 heterocycles. The van der Waals surface area contributed by atoms with Crippen molar-refractivity contribution in [1.29, 1.82) is 0 Å². The van der Waals surface area contributed by atoms with Gasteiger partial charge < -0.3 is 36.6 Å². The minimum Gasteiger partial charge on any atom is -0.508 e. The highest BCUT2D eigenvalue weighted by Gasteiger charge is 2.68. The Morgan fingerprint density at radius 2 is 1.86 bits per heavy atom. The monoisotopic (exact) mass is 596 g/mol. The number of anilines is 1. The van der Waals surface area contributed by atoms with Crippen molar-refractivity contribution in [3.63, 3.8) is 0 Å². The summed E-state index contributed by atoms with van der Waals surface area (Å²) in [6.07, 6.45) is 1.60. The number of likely N-dealkylation sites (N-methyl/N-ethyl adjacent to an activating group) is 1. The van der Waals surface area contributed by atoms with Crippen LogP contribution < -0.4 is 11.1 Å². The van der Waals surface area contributed by atoms with Crippen molar-refractivity contribution < 1.29 is 44.7 Å². The van der Waals surface area contributed by atoms with Gasteiger partial charge in [0.05, 0.1) is 35.9 Å². The number of aliphatic hydroxyl groups is 4. The summed E-state index contributed by atoms with van der Waals surface area (Å²) in [6, 6.07) is 1.98. The lowest BCUT2D eigenvalue weighted by atomic mass is 9.54. The quantitative estimate of drug-likeness (QED) is 0.176. The Hall–Kier alpha value is -3.78. The number of benzene rings is 1. The number of rotatable bonds is 5. The Morgan fingerprint density at radius 1 is 1.16 bits per heavy atom.